The number of aliphatic hydroxyl groups excluding tert-OH is 1. The number of amides is 2. The van der Waals surface area contributed by atoms with Crippen molar-refractivity contribution in [2.75, 3.05) is 19.0 Å². The zero-order valence-corrected chi connectivity index (χ0v) is 25.9. The lowest BCUT2D eigenvalue weighted by Crippen LogP contribution is -2.78. The molecule has 2 amide bonds. The number of aliphatic hydroxyl groups is 1. The van der Waals surface area contributed by atoms with E-state index in [0.717, 1.165) is 0 Å². The van der Waals surface area contributed by atoms with Gasteiger partial charge in [0.05, 0.1) is 30.0 Å². The molecule has 0 fully saturated rings. The van der Waals surface area contributed by atoms with E-state index in [1.165, 1.54) is 13.2 Å². The molecule has 1 aliphatic heterocycles. The third kappa shape index (κ3) is 9.75. The molecule has 2 bridgehead atoms. The summed E-state index contributed by atoms with van der Waals surface area (Å²) < 4.78 is 11.1. The van der Waals surface area contributed by atoms with E-state index >= 15 is 0 Å². The number of ether oxygens (including phenoxy) is 2. The zero-order valence-electron chi connectivity index (χ0n) is 25.9. The first-order valence-corrected chi connectivity index (χ1v) is 13.8. The molecule has 1 aromatic carbocycles. The van der Waals surface area contributed by atoms with Crippen LogP contribution in [0, 0.1) is 25.2 Å². The highest BCUT2D eigenvalue weighted by molar-refractivity contribution is 6.04. The zero-order chi connectivity index (χ0) is 30.9. The molecule has 0 saturated heterocycles. The van der Waals surface area contributed by atoms with Crippen molar-refractivity contribution in [3.63, 3.8) is 0 Å². The van der Waals surface area contributed by atoms with Crippen LogP contribution in [0.2, 0.25) is 0 Å². The monoisotopic (exact) mass is 587 g/mol. The molecule has 10 heteroatoms. The molecule has 6 atom stereocenters. The van der Waals surface area contributed by atoms with Crippen LogP contribution in [0.3, 0.4) is 0 Å². The maximum atomic E-state index is 13.0. The normalized spacial score (nSPS) is 29.1. The predicted octanol–water partition coefficient (Wildman–Crippen LogP) is 4.01. The number of carbonyl (C=O) groups excluding carboxylic acids is 2. The summed E-state index contributed by atoms with van der Waals surface area (Å²) in [4.78, 5) is 24.6. The number of nitrogens with two attached hydrogens (primary N) is 2. The number of aromatic hydroxyl groups is 2. The van der Waals surface area contributed by atoms with Gasteiger partial charge in [0.15, 0.2) is 11.4 Å². The first-order valence-electron chi connectivity index (χ1n) is 13.8. The fraction of sp³-hybridized carbons (Fsp3) is 0.469. The second kappa shape index (κ2) is 16.7. The fourth-order valence-corrected chi connectivity index (χ4v) is 5.12. The molecular weight excluding hydrogens is 538 g/mol. The number of nitrogens with one attached hydrogen (secondary N) is 1. The van der Waals surface area contributed by atoms with Crippen molar-refractivity contribution in [1.29, 1.82) is 0 Å². The van der Waals surface area contributed by atoms with Gasteiger partial charge in [-0.05, 0) is 44.3 Å². The van der Waals surface area contributed by atoms with Gasteiger partial charge in [0.25, 0.3) is 5.91 Å². The van der Waals surface area contributed by atoms with Crippen molar-refractivity contribution in [1.82, 2.24) is 0 Å². The second-order valence-corrected chi connectivity index (χ2v) is 10.9. The Kier molecular flexibility index (Phi) is 14.5. The number of rotatable bonds is 5. The van der Waals surface area contributed by atoms with Crippen LogP contribution in [0.15, 0.2) is 54.2 Å². The van der Waals surface area contributed by atoms with Crippen molar-refractivity contribution in [3.05, 3.63) is 67.2 Å². The minimum absolute atomic E-state index is 0. The molecule has 0 saturated carbocycles. The average Bonchev–Trinajstić information content (AvgIpc) is 2.91. The first kappa shape index (κ1) is 36.4. The summed E-state index contributed by atoms with van der Waals surface area (Å²) in [5.74, 6) is -1.45. The van der Waals surface area contributed by atoms with Crippen LogP contribution in [0.4, 0.5) is 16.2 Å². The SMILES string of the molecule is C=CC[NH2+]c1c(O)cc2c(O)c1C[C@@H](C)C[C@H](OC)[C@H](O)[C@@H](C)/C=C(\C)[C@H](OC(N)=O)[C@@H](C)/C=C\C=C(/C)C(=O)N2.[CH3-]. The number of primary amides is 1. The summed E-state index contributed by atoms with van der Waals surface area (Å²) >= 11 is 0. The summed E-state index contributed by atoms with van der Waals surface area (Å²) in [5.41, 5.74) is 7.43. The number of methoxy groups -OCH3 is 1. The Hall–Kier alpha value is -3.60. The minimum atomic E-state index is -0.918. The highest BCUT2D eigenvalue weighted by Gasteiger charge is 2.30. The van der Waals surface area contributed by atoms with Crippen molar-refractivity contribution >= 4 is 23.4 Å². The highest BCUT2D eigenvalue weighted by atomic mass is 16.6. The minimum Gasteiger partial charge on any atom is -0.505 e. The highest BCUT2D eigenvalue weighted by Crippen LogP contribution is 2.40. The van der Waals surface area contributed by atoms with Gasteiger partial charge < -0.3 is 48.6 Å². The number of benzene rings is 1. The molecule has 0 aliphatic carbocycles. The van der Waals surface area contributed by atoms with E-state index in [1.54, 1.807) is 36.5 Å². The van der Waals surface area contributed by atoms with Gasteiger partial charge >= 0.3 is 6.09 Å². The van der Waals surface area contributed by atoms with E-state index in [9.17, 15) is 24.9 Å². The first-order chi connectivity index (χ1) is 19.3. The second-order valence-electron chi connectivity index (χ2n) is 10.9. The summed E-state index contributed by atoms with van der Waals surface area (Å²) in [6.45, 7) is 13.3. The number of phenols is 2. The lowest BCUT2D eigenvalue weighted by atomic mass is 9.87. The molecule has 0 radical (unpaired) electrons. The number of fused-ring (bicyclic) bond motifs is 2. The van der Waals surface area contributed by atoms with E-state index in [2.05, 4.69) is 11.9 Å². The van der Waals surface area contributed by atoms with Crippen molar-refractivity contribution in [2.45, 2.75) is 65.8 Å². The van der Waals surface area contributed by atoms with Gasteiger partial charge in [-0.15, -0.1) is 0 Å². The van der Waals surface area contributed by atoms with Gasteiger partial charge in [-0.3, -0.25) is 4.79 Å². The summed E-state index contributed by atoms with van der Waals surface area (Å²) in [6.07, 6.45) is 6.32. The van der Waals surface area contributed by atoms with Crippen LogP contribution >= 0.6 is 0 Å². The van der Waals surface area contributed by atoms with Crippen molar-refractivity contribution in [2.24, 2.45) is 23.5 Å². The van der Waals surface area contributed by atoms with E-state index in [-0.39, 0.29) is 42.4 Å². The Morgan fingerprint density at radius 2 is 1.90 bits per heavy atom. The summed E-state index contributed by atoms with van der Waals surface area (Å²) in [5, 5.41) is 37.8. The molecule has 1 aliphatic rings. The molecule has 0 aromatic heterocycles. The standard InChI is InChI=1S/C31H45N3O7.CH3/c1-8-12-33-26-22-13-17(2)14-25(40-7)27(36)20(5)15-21(6)29(41-31(32)39)18(3)10-9-11-19(4)30(38)34-23(28(22)37)16-24(26)35;/h8-11,15-18,20,25,27,29,33,35-37H,1,12-14H2,2-7H3,(H2,32,39)(H,34,38);1H3/q;-1/p+1/b10-9-,19-11+,21-15+;/t17-,18+,20+,25+,27-,29-;/m1./s1. The maximum absolute atomic E-state index is 13.0. The van der Waals surface area contributed by atoms with Gasteiger partial charge in [0.1, 0.15) is 11.9 Å². The predicted molar refractivity (Wildman–Crippen MR) is 165 cm³/mol. The Morgan fingerprint density at radius 3 is 2.50 bits per heavy atom. The number of carbonyl (C=O) groups is 2. The van der Waals surface area contributed by atoms with Gasteiger partial charge in [0, 0.05) is 30.6 Å². The van der Waals surface area contributed by atoms with Crippen molar-refractivity contribution < 1.29 is 39.7 Å². The number of anilines is 1. The Bertz CT molecular complexity index is 1190. The van der Waals surface area contributed by atoms with Crippen molar-refractivity contribution in [3.8, 4) is 11.5 Å². The van der Waals surface area contributed by atoms with Gasteiger partial charge in [-0.2, -0.15) is 0 Å². The number of hydrogen-bond acceptors (Lipinski definition) is 7. The smallest absolute Gasteiger partial charge is 0.405 e. The van der Waals surface area contributed by atoms with E-state index in [1.807, 2.05) is 33.8 Å². The fourth-order valence-electron chi connectivity index (χ4n) is 5.12. The topological polar surface area (TPSA) is 168 Å². The molecule has 234 valence electrons. The molecule has 0 spiro atoms. The quantitative estimate of drug-likeness (QED) is 0.0994. The number of quaternary nitrogens is 1. The van der Waals surface area contributed by atoms with Crippen LogP contribution in [-0.2, 0) is 20.7 Å². The molecule has 1 aromatic rings. The lowest BCUT2D eigenvalue weighted by molar-refractivity contribution is -0.562. The van der Waals surface area contributed by atoms with Gasteiger partial charge in [-0.25, -0.2) is 4.79 Å². The van der Waals surface area contributed by atoms with Gasteiger partial charge in [-0.1, -0.05) is 51.7 Å². The Labute approximate surface area is 250 Å². The number of phenolic OH excluding ortho intramolecular Hbond substituents is 2. The third-order valence-corrected chi connectivity index (χ3v) is 7.38. The van der Waals surface area contributed by atoms with Gasteiger partial charge in [0.2, 0.25) is 0 Å². The van der Waals surface area contributed by atoms with Crippen LogP contribution in [0.1, 0.15) is 46.6 Å². The molecule has 10 nitrogen and oxygen atoms in total. The average molecular weight is 588 g/mol. The molecule has 0 unspecified atom stereocenters. The molecule has 42 heavy (non-hydrogen) atoms. The Morgan fingerprint density at radius 1 is 1.24 bits per heavy atom. The van der Waals surface area contributed by atoms with Crippen LogP contribution in [0.25, 0.3) is 0 Å². The largest absolute Gasteiger partial charge is 0.505 e. The number of allylic oxidation sites excluding steroid dienone is 2. The lowest BCUT2D eigenvalue weighted by Gasteiger charge is -2.29. The van der Waals surface area contributed by atoms with E-state index in [0.29, 0.717) is 41.8 Å². The van der Waals surface area contributed by atoms with E-state index < -0.39 is 30.3 Å². The molecule has 1 heterocycles. The number of hydrogen-bond donors (Lipinski definition) is 6. The van der Waals surface area contributed by atoms with E-state index in [4.69, 9.17) is 15.2 Å². The Balaban J connectivity index is 0.00000882. The third-order valence-electron chi connectivity index (χ3n) is 7.38. The molecule has 8 N–H and O–H groups in total. The van der Waals surface area contributed by atoms with Crippen LogP contribution in [-0.4, -0.2) is 59.3 Å². The summed E-state index contributed by atoms with van der Waals surface area (Å²) in [6, 6.07) is 1.33. The van der Waals surface area contributed by atoms with Crippen LogP contribution < -0.4 is 16.4 Å². The molecule has 2 rings (SSSR count). The summed E-state index contributed by atoms with van der Waals surface area (Å²) in [7, 11) is 1.53. The maximum Gasteiger partial charge on any atom is 0.405 e. The van der Waals surface area contributed by atoms with Crippen LogP contribution in [0.5, 0.6) is 11.5 Å². The molecular formula is C32H49N3O7.